The van der Waals surface area contributed by atoms with Crippen LogP contribution in [0.25, 0.3) is 5.65 Å². The van der Waals surface area contributed by atoms with Crippen molar-refractivity contribution in [2.45, 2.75) is 19.9 Å². The quantitative estimate of drug-likeness (QED) is 0.904. The smallest absolute Gasteiger partial charge is 0.243 e. The van der Waals surface area contributed by atoms with Gasteiger partial charge in [0.25, 0.3) is 0 Å². The molecule has 92 valence electrons. The number of nitrogens with two attached hydrogens (primary N) is 1. The fourth-order valence-corrected chi connectivity index (χ4v) is 1.70. The number of anilines is 1. The van der Waals surface area contributed by atoms with Crippen LogP contribution < -0.4 is 11.1 Å². The van der Waals surface area contributed by atoms with Gasteiger partial charge in [-0.25, -0.2) is 4.52 Å². The largest absolute Gasteiger partial charge is 0.351 e. The van der Waals surface area contributed by atoms with Crippen LogP contribution in [-0.4, -0.2) is 27.2 Å². The zero-order chi connectivity index (χ0) is 12.4. The monoisotopic (exact) mass is 297 g/mol. The lowest BCUT2D eigenvalue weighted by Crippen LogP contribution is -2.34. The summed E-state index contributed by atoms with van der Waals surface area (Å²) in [5.74, 6) is 1.05. The third kappa shape index (κ3) is 2.95. The standard InChI is InChI=1S/C11H16BrN5/c1-7(2)9(13)5-14-11-15-10-4-3-8(12)6-17(10)16-11/h3-4,6-7,9H,5,13H2,1-2H3,(H,14,16). The van der Waals surface area contributed by atoms with Gasteiger partial charge in [-0.1, -0.05) is 13.8 Å². The van der Waals surface area contributed by atoms with Gasteiger partial charge in [-0.05, 0) is 34.0 Å². The van der Waals surface area contributed by atoms with Gasteiger partial charge in [-0.15, -0.1) is 5.10 Å². The van der Waals surface area contributed by atoms with Crippen LogP contribution in [0.2, 0.25) is 0 Å². The minimum absolute atomic E-state index is 0.105. The van der Waals surface area contributed by atoms with Gasteiger partial charge in [0.1, 0.15) is 0 Å². The molecule has 0 radical (unpaired) electrons. The van der Waals surface area contributed by atoms with E-state index in [-0.39, 0.29) is 6.04 Å². The second kappa shape index (κ2) is 5.01. The molecule has 0 bridgehead atoms. The summed E-state index contributed by atoms with van der Waals surface area (Å²) in [4.78, 5) is 4.35. The average Bonchev–Trinajstić information content (AvgIpc) is 2.67. The Hall–Kier alpha value is -1.14. The van der Waals surface area contributed by atoms with Crippen LogP contribution in [0, 0.1) is 5.92 Å². The van der Waals surface area contributed by atoms with E-state index in [1.165, 1.54) is 0 Å². The molecule has 0 saturated carbocycles. The minimum Gasteiger partial charge on any atom is -0.351 e. The molecule has 0 aromatic carbocycles. The zero-order valence-electron chi connectivity index (χ0n) is 9.89. The van der Waals surface area contributed by atoms with E-state index in [2.05, 4.69) is 45.2 Å². The molecule has 0 aliphatic carbocycles. The summed E-state index contributed by atoms with van der Waals surface area (Å²) in [5.41, 5.74) is 6.76. The van der Waals surface area contributed by atoms with Crippen molar-refractivity contribution in [3.05, 3.63) is 22.8 Å². The summed E-state index contributed by atoms with van der Waals surface area (Å²) in [7, 11) is 0. The van der Waals surface area contributed by atoms with Gasteiger partial charge >= 0.3 is 0 Å². The molecule has 3 N–H and O–H groups in total. The Kier molecular flexibility index (Phi) is 3.63. The first-order valence-corrected chi connectivity index (χ1v) is 6.37. The van der Waals surface area contributed by atoms with Crippen LogP contribution in [0.3, 0.4) is 0 Å². The number of hydrogen-bond donors (Lipinski definition) is 2. The van der Waals surface area contributed by atoms with Crippen LogP contribution in [0.5, 0.6) is 0 Å². The fourth-order valence-electron chi connectivity index (χ4n) is 1.38. The van der Waals surface area contributed by atoms with Crippen molar-refractivity contribution >= 4 is 27.5 Å². The molecule has 0 fully saturated rings. The highest BCUT2D eigenvalue weighted by molar-refractivity contribution is 9.10. The summed E-state index contributed by atoms with van der Waals surface area (Å²) in [5, 5.41) is 7.47. The summed E-state index contributed by atoms with van der Waals surface area (Å²) < 4.78 is 2.70. The highest BCUT2D eigenvalue weighted by atomic mass is 79.9. The second-order valence-corrected chi connectivity index (χ2v) is 5.29. The van der Waals surface area contributed by atoms with Crippen LogP contribution in [0.4, 0.5) is 5.95 Å². The Morgan fingerprint density at radius 2 is 2.24 bits per heavy atom. The maximum Gasteiger partial charge on any atom is 0.243 e. The molecular weight excluding hydrogens is 282 g/mol. The molecule has 2 rings (SSSR count). The number of halogens is 1. The second-order valence-electron chi connectivity index (χ2n) is 4.37. The molecule has 2 aromatic rings. The molecule has 0 spiro atoms. The van der Waals surface area contributed by atoms with Crippen LogP contribution >= 0.6 is 15.9 Å². The van der Waals surface area contributed by atoms with Gasteiger partial charge < -0.3 is 11.1 Å². The summed E-state index contributed by atoms with van der Waals surface area (Å²) >= 11 is 3.39. The number of hydrogen-bond acceptors (Lipinski definition) is 4. The van der Waals surface area contributed by atoms with Crippen LogP contribution in [-0.2, 0) is 0 Å². The van der Waals surface area contributed by atoms with Crippen molar-refractivity contribution in [2.75, 3.05) is 11.9 Å². The van der Waals surface area contributed by atoms with E-state index in [0.717, 1.165) is 10.1 Å². The Balaban J connectivity index is 2.09. The van der Waals surface area contributed by atoms with Gasteiger partial charge in [-0.2, -0.15) is 4.98 Å². The van der Waals surface area contributed by atoms with Gasteiger partial charge in [0.15, 0.2) is 5.65 Å². The molecule has 6 heteroatoms. The topological polar surface area (TPSA) is 68.2 Å². The summed E-state index contributed by atoms with van der Waals surface area (Å²) in [6.07, 6.45) is 1.87. The molecule has 0 aliphatic heterocycles. The minimum atomic E-state index is 0.105. The summed E-state index contributed by atoms with van der Waals surface area (Å²) in [6.45, 7) is 4.87. The van der Waals surface area contributed by atoms with Gasteiger partial charge in [0.2, 0.25) is 5.95 Å². The Morgan fingerprint density at radius 3 is 2.94 bits per heavy atom. The maximum atomic E-state index is 5.95. The first kappa shape index (κ1) is 12.3. The number of nitrogens with one attached hydrogen (secondary N) is 1. The number of rotatable bonds is 4. The van der Waals surface area contributed by atoms with Gasteiger partial charge in [0.05, 0.1) is 0 Å². The van der Waals surface area contributed by atoms with Crippen molar-refractivity contribution in [1.29, 1.82) is 0 Å². The van der Waals surface area contributed by atoms with Crippen LogP contribution in [0.1, 0.15) is 13.8 Å². The van der Waals surface area contributed by atoms with E-state index in [0.29, 0.717) is 18.4 Å². The van der Waals surface area contributed by atoms with E-state index in [4.69, 9.17) is 5.73 Å². The number of pyridine rings is 1. The molecule has 0 amide bonds. The molecule has 17 heavy (non-hydrogen) atoms. The Labute approximate surface area is 109 Å². The van der Waals surface area contributed by atoms with Crippen molar-refractivity contribution in [3.8, 4) is 0 Å². The van der Waals surface area contributed by atoms with Gasteiger partial charge in [-0.3, -0.25) is 0 Å². The SMILES string of the molecule is CC(C)C(N)CNc1nc2ccc(Br)cn2n1. The number of nitrogens with zero attached hydrogens (tertiary/aromatic N) is 3. The van der Waals surface area contributed by atoms with Crippen molar-refractivity contribution in [1.82, 2.24) is 14.6 Å². The van der Waals surface area contributed by atoms with E-state index in [1.807, 2.05) is 18.3 Å². The highest BCUT2D eigenvalue weighted by Gasteiger charge is 2.09. The van der Waals surface area contributed by atoms with Crippen molar-refractivity contribution < 1.29 is 0 Å². The molecule has 1 unspecified atom stereocenters. The predicted octanol–water partition coefficient (Wildman–Crippen LogP) is 1.89. The Bertz CT molecular complexity index is 508. The third-order valence-electron chi connectivity index (χ3n) is 2.65. The highest BCUT2D eigenvalue weighted by Crippen LogP contribution is 2.12. The molecule has 5 nitrogen and oxygen atoms in total. The molecular formula is C11H16BrN5. The lowest BCUT2D eigenvalue weighted by atomic mass is 10.1. The molecule has 2 heterocycles. The van der Waals surface area contributed by atoms with E-state index in [1.54, 1.807) is 4.52 Å². The maximum absolute atomic E-state index is 5.95. The molecule has 2 aromatic heterocycles. The van der Waals surface area contributed by atoms with Gasteiger partial charge in [0, 0.05) is 23.3 Å². The predicted molar refractivity (Wildman–Crippen MR) is 72.0 cm³/mol. The molecule has 1 atom stereocenters. The van der Waals surface area contributed by atoms with Crippen molar-refractivity contribution in [3.63, 3.8) is 0 Å². The zero-order valence-corrected chi connectivity index (χ0v) is 11.5. The molecule has 0 aliphatic rings. The number of aromatic nitrogens is 3. The first-order valence-electron chi connectivity index (χ1n) is 5.57. The lowest BCUT2D eigenvalue weighted by Gasteiger charge is -2.14. The average molecular weight is 298 g/mol. The lowest BCUT2D eigenvalue weighted by molar-refractivity contribution is 0.510. The molecule has 0 saturated heterocycles. The van der Waals surface area contributed by atoms with E-state index >= 15 is 0 Å². The van der Waals surface area contributed by atoms with Crippen LogP contribution in [0.15, 0.2) is 22.8 Å². The van der Waals surface area contributed by atoms with E-state index in [9.17, 15) is 0 Å². The summed E-state index contributed by atoms with van der Waals surface area (Å²) in [6, 6.07) is 3.95. The number of fused-ring (bicyclic) bond motifs is 1. The third-order valence-corrected chi connectivity index (χ3v) is 3.12. The van der Waals surface area contributed by atoms with E-state index < -0.39 is 0 Å². The fraction of sp³-hybridized carbons (Fsp3) is 0.455. The normalized spacial score (nSPS) is 13.2. The van der Waals surface area contributed by atoms with Crippen molar-refractivity contribution in [2.24, 2.45) is 11.7 Å². The Morgan fingerprint density at radius 1 is 1.47 bits per heavy atom. The first-order chi connectivity index (χ1) is 8.06.